The normalized spacial score (nSPS) is 10.3. The van der Waals surface area contributed by atoms with Crippen LogP contribution in [0.4, 0.5) is 5.13 Å². The lowest BCUT2D eigenvalue weighted by Crippen LogP contribution is -2.07. The fraction of sp³-hybridized carbons (Fsp3) is 0.231. The van der Waals surface area contributed by atoms with E-state index in [1.165, 1.54) is 11.3 Å². The van der Waals surface area contributed by atoms with Crippen molar-refractivity contribution in [3.05, 3.63) is 35.2 Å². The van der Waals surface area contributed by atoms with Crippen molar-refractivity contribution in [2.45, 2.75) is 6.92 Å². The van der Waals surface area contributed by atoms with E-state index in [9.17, 15) is 4.79 Å². The third-order valence-electron chi connectivity index (χ3n) is 2.37. The molecule has 0 saturated heterocycles. The van der Waals surface area contributed by atoms with E-state index in [-0.39, 0.29) is 5.78 Å². The number of ketones is 1. The Morgan fingerprint density at radius 2 is 1.88 bits per heavy atom. The van der Waals surface area contributed by atoms with Gasteiger partial charge in [-0.3, -0.25) is 4.79 Å². The van der Waals surface area contributed by atoms with Gasteiger partial charge in [0.05, 0.1) is 10.6 Å². The highest BCUT2D eigenvalue weighted by Crippen LogP contribution is 2.32. The summed E-state index contributed by atoms with van der Waals surface area (Å²) in [5.74, 6) is 0.0643. The highest BCUT2D eigenvalue weighted by Gasteiger charge is 2.17. The number of carbonyl (C=O) groups is 1. The molecule has 1 heterocycles. The molecule has 3 nitrogen and oxygen atoms in total. The maximum Gasteiger partial charge on any atom is 0.186 e. The molecule has 1 aromatic heterocycles. The van der Waals surface area contributed by atoms with Gasteiger partial charge in [-0.25, -0.2) is 4.98 Å². The zero-order valence-electron chi connectivity index (χ0n) is 10.1. The van der Waals surface area contributed by atoms with Crippen LogP contribution >= 0.6 is 11.3 Å². The predicted molar refractivity (Wildman–Crippen MR) is 71.9 cm³/mol. The van der Waals surface area contributed by atoms with Crippen LogP contribution in [0.3, 0.4) is 0 Å². The van der Waals surface area contributed by atoms with Crippen LogP contribution in [0, 0.1) is 0 Å². The first-order valence-electron chi connectivity index (χ1n) is 5.34. The van der Waals surface area contributed by atoms with Crippen LogP contribution in [0.5, 0.6) is 0 Å². The zero-order valence-corrected chi connectivity index (χ0v) is 10.9. The van der Waals surface area contributed by atoms with Gasteiger partial charge in [0.25, 0.3) is 0 Å². The molecular formula is C13H14N2OS. The molecule has 0 unspecified atom stereocenters. The zero-order chi connectivity index (χ0) is 12.4. The van der Waals surface area contributed by atoms with Gasteiger partial charge in [0.1, 0.15) is 0 Å². The summed E-state index contributed by atoms with van der Waals surface area (Å²) in [6, 6.07) is 9.81. The van der Waals surface area contributed by atoms with Gasteiger partial charge in [-0.15, -0.1) is 0 Å². The molecule has 4 heteroatoms. The number of carbonyl (C=O) groups excluding carboxylic acids is 1. The summed E-state index contributed by atoms with van der Waals surface area (Å²) in [5, 5.41) is 0.856. The highest BCUT2D eigenvalue weighted by atomic mass is 32.1. The first-order valence-corrected chi connectivity index (χ1v) is 6.15. The van der Waals surface area contributed by atoms with Crippen molar-refractivity contribution in [1.29, 1.82) is 0 Å². The van der Waals surface area contributed by atoms with Crippen molar-refractivity contribution in [2.24, 2.45) is 0 Å². The van der Waals surface area contributed by atoms with Crippen LogP contribution in [-0.2, 0) is 0 Å². The predicted octanol–water partition coefficient (Wildman–Crippen LogP) is 3.08. The Morgan fingerprint density at radius 3 is 2.41 bits per heavy atom. The van der Waals surface area contributed by atoms with E-state index in [0.717, 1.165) is 21.3 Å². The van der Waals surface area contributed by atoms with Gasteiger partial charge in [0.2, 0.25) is 0 Å². The van der Waals surface area contributed by atoms with Crippen LogP contribution in [0.25, 0.3) is 11.3 Å². The smallest absolute Gasteiger partial charge is 0.186 e. The summed E-state index contributed by atoms with van der Waals surface area (Å²) >= 11 is 1.44. The molecule has 88 valence electrons. The molecule has 0 radical (unpaired) electrons. The second kappa shape index (κ2) is 4.67. The highest BCUT2D eigenvalue weighted by molar-refractivity contribution is 7.18. The number of aromatic nitrogens is 1. The fourth-order valence-corrected chi connectivity index (χ4v) is 2.44. The largest absolute Gasteiger partial charge is 0.354 e. The first kappa shape index (κ1) is 11.8. The molecule has 0 bridgehead atoms. The number of nitrogens with zero attached hydrogens (tertiary/aromatic N) is 2. The Labute approximate surface area is 105 Å². The molecule has 0 amide bonds. The SMILES string of the molecule is CC(=O)c1sc(N(C)C)nc1-c1ccccc1. The van der Waals surface area contributed by atoms with Gasteiger partial charge in [-0.1, -0.05) is 41.7 Å². The molecule has 1 aromatic carbocycles. The van der Waals surface area contributed by atoms with Crippen LogP contribution in [0.2, 0.25) is 0 Å². The topological polar surface area (TPSA) is 33.2 Å². The summed E-state index contributed by atoms with van der Waals surface area (Å²) < 4.78 is 0. The maximum absolute atomic E-state index is 11.6. The molecule has 17 heavy (non-hydrogen) atoms. The maximum atomic E-state index is 11.6. The molecule has 0 N–H and O–H groups in total. The van der Waals surface area contributed by atoms with Gasteiger partial charge < -0.3 is 4.90 Å². The van der Waals surface area contributed by atoms with Gasteiger partial charge >= 0.3 is 0 Å². The molecule has 0 atom stereocenters. The number of anilines is 1. The summed E-state index contributed by atoms with van der Waals surface area (Å²) in [4.78, 5) is 18.8. The number of rotatable bonds is 3. The lowest BCUT2D eigenvalue weighted by atomic mass is 10.1. The minimum Gasteiger partial charge on any atom is -0.354 e. The minimum absolute atomic E-state index is 0.0643. The van der Waals surface area contributed by atoms with Crippen molar-refractivity contribution in [1.82, 2.24) is 4.98 Å². The van der Waals surface area contributed by atoms with E-state index in [4.69, 9.17) is 0 Å². The average molecular weight is 246 g/mol. The molecule has 2 rings (SSSR count). The molecule has 2 aromatic rings. The van der Waals surface area contributed by atoms with E-state index < -0.39 is 0 Å². The summed E-state index contributed by atoms with van der Waals surface area (Å²) in [7, 11) is 3.86. The van der Waals surface area contributed by atoms with Crippen molar-refractivity contribution in [3.8, 4) is 11.3 Å². The van der Waals surface area contributed by atoms with Crippen molar-refractivity contribution < 1.29 is 4.79 Å². The molecule has 0 saturated carbocycles. The standard InChI is InChI=1S/C13H14N2OS/c1-9(16)12-11(10-7-5-4-6-8-10)14-13(17-12)15(2)3/h4-8H,1-3H3. The quantitative estimate of drug-likeness (QED) is 0.780. The molecular weight excluding hydrogens is 232 g/mol. The molecule has 0 aliphatic heterocycles. The van der Waals surface area contributed by atoms with Crippen molar-refractivity contribution in [2.75, 3.05) is 19.0 Å². The van der Waals surface area contributed by atoms with Crippen LogP contribution < -0.4 is 4.90 Å². The lowest BCUT2D eigenvalue weighted by Gasteiger charge is -2.05. The molecule has 0 fully saturated rings. The summed E-state index contributed by atoms with van der Waals surface area (Å²) in [5.41, 5.74) is 1.77. The second-order valence-corrected chi connectivity index (χ2v) is 4.97. The molecule has 0 aliphatic rings. The number of benzene rings is 1. The van der Waals surface area contributed by atoms with Crippen LogP contribution in [-0.4, -0.2) is 24.9 Å². The molecule has 0 spiro atoms. The Morgan fingerprint density at radius 1 is 1.24 bits per heavy atom. The summed E-state index contributed by atoms with van der Waals surface area (Å²) in [6.07, 6.45) is 0. The van der Waals surface area contributed by atoms with Crippen molar-refractivity contribution >= 4 is 22.3 Å². The van der Waals surface area contributed by atoms with Gasteiger partial charge in [0.15, 0.2) is 10.9 Å². The van der Waals surface area contributed by atoms with Crippen LogP contribution in [0.1, 0.15) is 16.6 Å². The van der Waals surface area contributed by atoms with Crippen molar-refractivity contribution in [3.63, 3.8) is 0 Å². The van der Waals surface area contributed by atoms with Gasteiger partial charge in [-0.05, 0) is 0 Å². The lowest BCUT2D eigenvalue weighted by molar-refractivity contribution is 0.102. The van der Waals surface area contributed by atoms with E-state index in [1.807, 2.05) is 49.3 Å². The van der Waals surface area contributed by atoms with E-state index in [0.29, 0.717) is 0 Å². The number of hydrogen-bond donors (Lipinski definition) is 0. The monoisotopic (exact) mass is 246 g/mol. The Hall–Kier alpha value is -1.68. The minimum atomic E-state index is 0.0643. The van der Waals surface area contributed by atoms with Gasteiger partial charge in [-0.2, -0.15) is 0 Å². The third kappa shape index (κ3) is 2.36. The number of hydrogen-bond acceptors (Lipinski definition) is 4. The van der Waals surface area contributed by atoms with E-state index in [2.05, 4.69) is 4.98 Å². The Bertz CT molecular complexity index is 532. The fourth-order valence-electron chi connectivity index (χ4n) is 1.53. The van der Waals surface area contributed by atoms with Crippen LogP contribution in [0.15, 0.2) is 30.3 Å². The summed E-state index contributed by atoms with van der Waals surface area (Å²) in [6.45, 7) is 1.58. The molecule has 0 aliphatic carbocycles. The Kier molecular flexibility index (Phi) is 3.24. The average Bonchev–Trinajstić information content (AvgIpc) is 2.75. The number of thiazole rings is 1. The second-order valence-electron chi connectivity index (χ2n) is 3.99. The van der Waals surface area contributed by atoms with Gasteiger partial charge in [0, 0.05) is 26.6 Å². The first-order chi connectivity index (χ1) is 8.09. The Balaban J connectivity index is 2.56. The van der Waals surface area contributed by atoms with E-state index >= 15 is 0 Å². The number of Topliss-reactive ketones (excluding diaryl/α,β-unsaturated/α-hetero) is 1. The third-order valence-corrected chi connectivity index (χ3v) is 3.69. The van der Waals surface area contributed by atoms with E-state index in [1.54, 1.807) is 6.92 Å².